The highest BCUT2D eigenvalue weighted by atomic mass is 16.6. The fourth-order valence-corrected chi connectivity index (χ4v) is 3.54. The first-order valence-electron chi connectivity index (χ1n) is 8.51. The maximum atomic E-state index is 11.1. The van der Waals surface area contributed by atoms with Crippen molar-refractivity contribution in [2.75, 3.05) is 26.3 Å². The molecule has 1 aliphatic heterocycles. The molecule has 0 unspecified atom stereocenters. The van der Waals surface area contributed by atoms with Crippen LogP contribution in [-0.4, -0.2) is 62.0 Å². The third kappa shape index (κ3) is 3.04. The van der Waals surface area contributed by atoms with Gasteiger partial charge in [0, 0.05) is 25.1 Å². The van der Waals surface area contributed by atoms with Gasteiger partial charge < -0.3 is 9.64 Å². The Morgan fingerprint density at radius 2 is 2.04 bits per heavy atom. The van der Waals surface area contributed by atoms with Crippen LogP contribution in [0.3, 0.4) is 0 Å². The van der Waals surface area contributed by atoms with Crippen LogP contribution in [0, 0.1) is 16.0 Å². The highest BCUT2D eigenvalue weighted by molar-refractivity contribution is 5.87. The van der Waals surface area contributed by atoms with Crippen LogP contribution in [0.4, 0.5) is 11.5 Å². The second-order valence-electron chi connectivity index (χ2n) is 6.30. The SMILES string of the molecule is O=[N+]([O-])c1ccc(/N=C(/C2CCCC2)N2CCOCC2)n2nnnc12. The normalized spacial score (nSPS) is 19.7. The topological polar surface area (TPSA) is 111 Å². The Kier molecular flexibility index (Phi) is 4.26. The van der Waals surface area contributed by atoms with Crippen LogP contribution >= 0.6 is 0 Å². The second-order valence-corrected chi connectivity index (χ2v) is 6.30. The lowest BCUT2D eigenvalue weighted by Crippen LogP contribution is -2.43. The number of aliphatic imine (C=N–C) groups is 1. The van der Waals surface area contributed by atoms with Gasteiger partial charge in [-0.05, 0) is 29.3 Å². The molecule has 1 aliphatic carbocycles. The summed E-state index contributed by atoms with van der Waals surface area (Å²) in [5, 5.41) is 22.4. The van der Waals surface area contributed by atoms with Crippen molar-refractivity contribution < 1.29 is 9.66 Å². The lowest BCUT2D eigenvalue weighted by Gasteiger charge is -2.32. The summed E-state index contributed by atoms with van der Waals surface area (Å²) in [6.45, 7) is 2.99. The summed E-state index contributed by atoms with van der Waals surface area (Å²) in [6.07, 6.45) is 4.63. The predicted octanol–water partition coefficient (Wildman–Crippen LogP) is 1.58. The van der Waals surface area contributed by atoms with Gasteiger partial charge in [-0.3, -0.25) is 10.1 Å². The Morgan fingerprint density at radius 3 is 2.76 bits per heavy atom. The first-order valence-corrected chi connectivity index (χ1v) is 8.51. The van der Waals surface area contributed by atoms with E-state index < -0.39 is 4.92 Å². The summed E-state index contributed by atoms with van der Waals surface area (Å²) < 4.78 is 6.79. The third-order valence-corrected chi connectivity index (χ3v) is 4.79. The molecule has 2 fully saturated rings. The summed E-state index contributed by atoms with van der Waals surface area (Å²) in [6, 6.07) is 3.02. The number of hydrogen-bond acceptors (Lipinski definition) is 7. The van der Waals surface area contributed by atoms with Gasteiger partial charge in [-0.1, -0.05) is 12.8 Å². The summed E-state index contributed by atoms with van der Waals surface area (Å²) >= 11 is 0. The van der Waals surface area contributed by atoms with Crippen LogP contribution in [-0.2, 0) is 4.74 Å². The summed E-state index contributed by atoms with van der Waals surface area (Å²) in [7, 11) is 0. The van der Waals surface area contributed by atoms with Crippen LogP contribution < -0.4 is 0 Å². The molecular weight excluding hydrogens is 326 g/mol. The number of hydrogen-bond donors (Lipinski definition) is 0. The number of fused-ring (bicyclic) bond motifs is 1. The number of morpholine rings is 1. The first-order chi connectivity index (χ1) is 12.2. The number of nitrogens with zero attached hydrogens (tertiary/aromatic N) is 7. The minimum atomic E-state index is -0.487. The molecule has 3 heterocycles. The Morgan fingerprint density at radius 1 is 1.28 bits per heavy atom. The van der Waals surface area contributed by atoms with Crippen LogP contribution in [0.5, 0.6) is 0 Å². The Hall–Kier alpha value is -2.62. The first kappa shape index (κ1) is 15.9. The van der Waals surface area contributed by atoms with Gasteiger partial charge >= 0.3 is 5.69 Å². The fourth-order valence-electron chi connectivity index (χ4n) is 3.54. The van der Waals surface area contributed by atoms with Gasteiger partial charge in [0.15, 0.2) is 5.82 Å². The number of amidine groups is 1. The second kappa shape index (κ2) is 6.71. The van der Waals surface area contributed by atoms with E-state index in [9.17, 15) is 10.1 Å². The number of tetrazole rings is 1. The molecule has 132 valence electrons. The van der Waals surface area contributed by atoms with Gasteiger partial charge in [0.2, 0.25) is 0 Å². The predicted molar refractivity (Wildman–Crippen MR) is 88.9 cm³/mol. The van der Waals surface area contributed by atoms with Gasteiger partial charge in [0.25, 0.3) is 5.65 Å². The van der Waals surface area contributed by atoms with E-state index in [1.807, 2.05) is 0 Å². The molecule has 10 heteroatoms. The molecule has 1 saturated heterocycles. The van der Waals surface area contributed by atoms with Crippen LogP contribution in [0.2, 0.25) is 0 Å². The van der Waals surface area contributed by atoms with Crippen molar-refractivity contribution in [3.8, 4) is 0 Å². The number of ether oxygens (including phenoxy) is 1. The molecule has 2 aromatic heterocycles. The van der Waals surface area contributed by atoms with Gasteiger partial charge in [-0.15, -0.1) is 5.10 Å². The van der Waals surface area contributed by atoms with Crippen molar-refractivity contribution in [2.45, 2.75) is 25.7 Å². The maximum absolute atomic E-state index is 11.1. The molecular formula is C15H19N7O3. The molecule has 25 heavy (non-hydrogen) atoms. The number of aromatic nitrogens is 4. The number of pyridine rings is 1. The van der Waals surface area contributed by atoms with Crippen molar-refractivity contribution in [3.63, 3.8) is 0 Å². The zero-order valence-electron chi connectivity index (χ0n) is 13.7. The number of nitro groups is 1. The van der Waals surface area contributed by atoms with Crippen molar-refractivity contribution >= 4 is 23.0 Å². The summed E-state index contributed by atoms with van der Waals surface area (Å²) in [5.74, 6) is 1.94. The Balaban J connectivity index is 1.77. The van der Waals surface area contributed by atoms with Crippen LogP contribution in [0.15, 0.2) is 17.1 Å². The van der Waals surface area contributed by atoms with Crippen LogP contribution in [0.1, 0.15) is 25.7 Å². The van der Waals surface area contributed by atoms with E-state index in [0.29, 0.717) is 24.9 Å². The molecule has 2 aromatic rings. The van der Waals surface area contributed by atoms with E-state index in [0.717, 1.165) is 31.8 Å². The van der Waals surface area contributed by atoms with E-state index in [4.69, 9.17) is 9.73 Å². The zero-order chi connectivity index (χ0) is 17.2. The zero-order valence-corrected chi connectivity index (χ0v) is 13.7. The molecule has 0 spiro atoms. The minimum absolute atomic E-state index is 0.110. The van der Waals surface area contributed by atoms with Crippen LogP contribution in [0.25, 0.3) is 5.65 Å². The van der Waals surface area contributed by atoms with E-state index in [1.165, 1.54) is 23.4 Å². The Bertz CT molecular complexity index is 807. The molecule has 0 N–H and O–H groups in total. The van der Waals surface area contributed by atoms with E-state index in [1.54, 1.807) is 6.07 Å². The highest BCUT2D eigenvalue weighted by Gasteiger charge is 2.27. The molecule has 0 radical (unpaired) electrons. The van der Waals surface area contributed by atoms with E-state index in [2.05, 4.69) is 20.4 Å². The maximum Gasteiger partial charge on any atom is 0.315 e. The Labute approximate surface area is 143 Å². The molecule has 0 atom stereocenters. The molecule has 0 amide bonds. The highest BCUT2D eigenvalue weighted by Crippen LogP contribution is 2.30. The quantitative estimate of drug-likeness (QED) is 0.359. The largest absolute Gasteiger partial charge is 0.378 e. The number of rotatable bonds is 3. The van der Waals surface area contributed by atoms with Crippen molar-refractivity contribution in [3.05, 3.63) is 22.2 Å². The summed E-state index contributed by atoms with van der Waals surface area (Å²) in [5.41, 5.74) is -0.0169. The molecule has 4 rings (SSSR count). The fraction of sp³-hybridized carbons (Fsp3) is 0.600. The third-order valence-electron chi connectivity index (χ3n) is 4.79. The van der Waals surface area contributed by atoms with Gasteiger partial charge in [-0.25, -0.2) is 4.99 Å². The van der Waals surface area contributed by atoms with Gasteiger partial charge in [0.05, 0.1) is 18.1 Å². The van der Waals surface area contributed by atoms with Gasteiger partial charge in [-0.2, -0.15) is 4.52 Å². The monoisotopic (exact) mass is 345 g/mol. The smallest absolute Gasteiger partial charge is 0.315 e. The average molecular weight is 345 g/mol. The molecule has 10 nitrogen and oxygen atoms in total. The molecule has 1 saturated carbocycles. The minimum Gasteiger partial charge on any atom is -0.378 e. The van der Waals surface area contributed by atoms with E-state index >= 15 is 0 Å². The van der Waals surface area contributed by atoms with Crippen molar-refractivity contribution in [1.82, 2.24) is 24.9 Å². The molecule has 2 aliphatic rings. The van der Waals surface area contributed by atoms with Crippen molar-refractivity contribution in [2.24, 2.45) is 10.9 Å². The summed E-state index contributed by atoms with van der Waals surface area (Å²) in [4.78, 5) is 17.8. The standard InChI is InChI=1S/C15H19N7O3/c23-22(24)12-5-6-13(21-15(12)17-18-19-21)16-14(11-3-1-2-4-11)20-7-9-25-10-8-20/h5-6,11H,1-4,7-10H2/b16-14-. The molecule has 0 aromatic carbocycles. The van der Waals surface area contributed by atoms with Crippen molar-refractivity contribution in [1.29, 1.82) is 0 Å². The average Bonchev–Trinajstić information content (AvgIpc) is 3.32. The van der Waals surface area contributed by atoms with Gasteiger partial charge in [0.1, 0.15) is 5.84 Å². The lowest BCUT2D eigenvalue weighted by atomic mass is 10.1. The molecule has 0 bridgehead atoms. The van der Waals surface area contributed by atoms with E-state index in [-0.39, 0.29) is 11.3 Å². The lowest BCUT2D eigenvalue weighted by molar-refractivity contribution is -0.383.